The van der Waals surface area contributed by atoms with E-state index in [2.05, 4.69) is 29.7 Å². The van der Waals surface area contributed by atoms with E-state index in [1.165, 1.54) is 23.4 Å². The van der Waals surface area contributed by atoms with Gasteiger partial charge < -0.3 is 19.9 Å². The molecule has 13 nitrogen and oxygen atoms in total. The smallest absolute Gasteiger partial charge is 0.222 e. The van der Waals surface area contributed by atoms with Crippen LogP contribution in [0.15, 0.2) is 6.20 Å². The molecule has 2 aliphatic heterocycles. The van der Waals surface area contributed by atoms with Crippen molar-refractivity contribution in [3.05, 3.63) is 11.9 Å². The van der Waals surface area contributed by atoms with Crippen LogP contribution in [0.4, 0.5) is 17.7 Å². The third kappa shape index (κ3) is 4.87. The van der Waals surface area contributed by atoms with E-state index in [0.717, 1.165) is 53.8 Å². The second-order valence-corrected chi connectivity index (χ2v) is 12.2. The Morgan fingerprint density at radius 2 is 1.74 bits per heavy atom. The summed E-state index contributed by atoms with van der Waals surface area (Å²) in [5, 5.41) is 2.98. The summed E-state index contributed by atoms with van der Waals surface area (Å²) in [6, 6.07) is 0. The zero-order valence-corrected chi connectivity index (χ0v) is 22.9. The predicted molar refractivity (Wildman–Crippen MR) is 145 cm³/mol. The van der Waals surface area contributed by atoms with Crippen molar-refractivity contribution >= 4 is 38.9 Å². The van der Waals surface area contributed by atoms with E-state index >= 15 is 0 Å². The van der Waals surface area contributed by atoms with Gasteiger partial charge in [-0.3, -0.25) is 4.57 Å². The van der Waals surface area contributed by atoms with Crippen molar-refractivity contribution in [2.45, 2.75) is 26.3 Å². The molecule has 6 rings (SSSR count). The van der Waals surface area contributed by atoms with Crippen LogP contribution in [-0.4, -0.2) is 108 Å². The van der Waals surface area contributed by atoms with Gasteiger partial charge >= 0.3 is 0 Å². The molecule has 0 spiro atoms. The number of sulfonamides is 1. The van der Waals surface area contributed by atoms with Crippen molar-refractivity contribution in [2.75, 3.05) is 80.9 Å². The normalized spacial score (nSPS) is 19.3. The van der Waals surface area contributed by atoms with Crippen molar-refractivity contribution in [1.82, 2.24) is 33.8 Å². The Labute approximate surface area is 222 Å². The summed E-state index contributed by atoms with van der Waals surface area (Å²) in [5.74, 6) is 3.34. The molecular formula is C24H34N10O3S. The minimum absolute atomic E-state index is 0.438. The number of aromatic nitrogens is 6. The molecule has 1 N–H and O–H groups in total. The van der Waals surface area contributed by atoms with E-state index in [1.54, 1.807) is 13.2 Å². The average molecular weight is 543 g/mol. The fourth-order valence-electron chi connectivity index (χ4n) is 5.09. The van der Waals surface area contributed by atoms with Gasteiger partial charge in [0, 0.05) is 59.1 Å². The van der Waals surface area contributed by atoms with Crippen LogP contribution < -0.4 is 15.1 Å². The van der Waals surface area contributed by atoms with Gasteiger partial charge in [0.05, 0.1) is 30.7 Å². The second kappa shape index (κ2) is 9.89. The van der Waals surface area contributed by atoms with E-state index in [9.17, 15) is 8.42 Å². The van der Waals surface area contributed by atoms with E-state index in [4.69, 9.17) is 19.7 Å². The van der Waals surface area contributed by atoms with Gasteiger partial charge in [-0.2, -0.15) is 4.31 Å². The Morgan fingerprint density at radius 3 is 2.37 bits per heavy atom. The minimum Gasteiger partial charge on any atom is -0.378 e. The number of hydrogen-bond acceptors (Lipinski definition) is 11. The third-order valence-corrected chi connectivity index (χ3v) is 8.74. The van der Waals surface area contributed by atoms with E-state index in [-0.39, 0.29) is 0 Å². The topological polar surface area (TPSA) is 134 Å². The standard InChI is InChI=1S/C24H34N10O3S/c1-16-18(14-26-23(25-2)27-16)20-29-21(31-10-12-37-13-11-31)19-22(30-20)34(15-17-4-5-17)24(28-19)32-6-8-33(9-7-32)38(3,35)36/h14,17H,4-13,15H2,1-3H3,(H,25,26,27). The molecule has 0 atom stereocenters. The largest absolute Gasteiger partial charge is 0.378 e. The van der Waals surface area contributed by atoms with Crippen LogP contribution in [0.25, 0.3) is 22.6 Å². The number of piperazine rings is 1. The molecule has 1 aliphatic carbocycles. The SMILES string of the molecule is CNc1ncc(-c2nc(N3CCOCC3)c3nc(N4CCN(S(C)(=O)=O)CC4)n(CC4CC4)c3n2)c(C)n1. The van der Waals surface area contributed by atoms with Crippen molar-refractivity contribution in [3.8, 4) is 11.4 Å². The molecular weight excluding hydrogens is 508 g/mol. The van der Waals surface area contributed by atoms with Crippen LogP contribution in [0.1, 0.15) is 18.5 Å². The lowest BCUT2D eigenvalue weighted by molar-refractivity contribution is 0.122. The number of hydrogen-bond donors (Lipinski definition) is 1. The van der Waals surface area contributed by atoms with Crippen LogP contribution in [-0.2, 0) is 21.3 Å². The first-order valence-corrected chi connectivity index (χ1v) is 15.0. The van der Waals surface area contributed by atoms with Gasteiger partial charge in [0.2, 0.25) is 21.9 Å². The summed E-state index contributed by atoms with van der Waals surface area (Å²) in [6.07, 6.45) is 5.41. The molecule has 0 amide bonds. The molecule has 0 bridgehead atoms. The molecule has 1 saturated carbocycles. The molecule has 0 unspecified atom stereocenters. The maximum Gasteiger partial charge on any atom is 0.222 e. The minimum atomic E-state index is -3.22. The van der Waals surface area contributed by atoms with Crippen LogP contribution in [0.2, 0.25) is 0 Å². The number of nitrogens with one attached hydrogen (secondary N) is 1. The molecule has 2 saturated heterocycles. The van der Waals surface area contributed by atoms with Crippen molar-refractivity contribution < 1.29 is 13.2 Å². The van der Waals surface area contributed by atoms with Gasteiger partial charge in [-0.1, -0.05) is 0 Å². The number of imidazole rings is 1. The first kappa shape index (κ1) is 25.2. The number of ether oxygens (including phenoxy) is 1. The van der Waals surface area contributed by atoms with Crippen LogP contribution in [0, 0.1) is 12.8 Å². The first-order valence-electron chi connectivity index (χ1n) is 13.1. The highest BCUT2D eigenvalue weighted by atomic mass is 32.2. The van der Waals surface area contributed by atoms with Gasteiger partial charge in [0.25, 0.3) is 0 Å². The molecule has 38 heavy (non-hydrogen) atoms. The number of rotatable bonds is 7. The number of aryl methyl sites for hydroxylation is 1. The second-order valence-electron chi connectivity index (χ2n) is 10.2. The zero-order valence-electron chi connectivity index (χ0n) is 22.1. The van der Waals surface area contributed by atoms with E-state index in [0.29, 0.717) is 57.1 Å². The Balaban J connectivity index is 1.48. The lowest BCUT2D eigenvalue weighted by Gasteiger charge is -2.34. The molecule has 14 heteroatoms. The summed E-state index contributed by atoms with van der Waals surface area (Å²) in [4.78, 5) is 28.6. The average Bonchev–Trinajstić information content (AvgIpc) is 3.67. The van der Waals surface area contributed by atoms with Crippen molar-refractivity contribution in [2.24, 2.45) is 5.92 Å². The van der Waals surface area contributed by atoms with Crippen LogP contribution >= 0.6 is 0 Å². The summed E-state index contributed by atoms with van der Waals surface area (Å²) in [6.45, 7) is 7.49. The van der Waals surface area contributed by atoms with Crippen LogP contribution in [0.3, 0.4) is 0 Å². The quantitative estimate of drug-likeness (QED) is 0.457. The fourth-order valence-corrected chi connectivity index (χ4v) is 5.91. The van der Waals surface area contributed by atoms with Gasteiger partial charge in [-0.05, 0) is 25.7 Å². The predicted octanol–water partition coefficient (Wildman–Crippen LogP) is 0.962. The number of morpholine rings is 1. The monoisotopic (exact) mass is 542 g/mol. The van der Waals surface area contributed by atoms with Gasteiger partial charge in [0.15, 0.2) is 22.8 Å². The van der Waals surface area contributed by atoms with E-state index < -0.39 is 10.0 Å². The maximum atomic E-state index is 12.1. The van der Waals surface area contributed by atoms with Gasteiger partial charge in [0.1, 0.15) is 0 Å². The molecule has 3 aromatic rings. The van der Waals surface area contributed by atoms with Crippen LogP contribution in [0.5, 0.6) is 0 Å². The molecule has 3 fully saturated rings. The fraction of sp³-hybridized carbons (Fsp3) is 0.625. The Bertz CT molecular complexity index is 1440. The van der Waals surface area contributed by atoms with Gasteiger partial charge in [-0.15, -0.1) is 0 Å². The number of anilines is 3. The number of fused-ring (bicyclic) bond motifs is 1. The molecule has 3 aliphatic rings. The van der Waals surface area contributed by atoms with E-state index in [1.807, 2.05) is 6.92 Å². The van der Waals surface area contributed by atoms with Crippen molar-refractivity contribution in [1.29, 1.82) is 0 Å². The summed E-state index contributed by atoms with van der Waals surface area (Å²) in [7, 11) is -1.43. The Hall–Kier alpha value is -3.10. The zero-order chi connectivity index (χ0) is 26.4. The molecule has 5 heterocycles. The lowest BCUT2D eigenvalue weighted by Crippen LogP contribution is -2.49. The first-order chi connectivity index (χ1) is 18.3. The number of nitrogens with zero attached hydrogens (tertiary/aromatic N) is 9. The Morgan fingerprint density at radius 1 is 1.00 bits per heavy atom. The van der Waals surface area contributed by atoms with Crippen molar-refractivity contribution in [3.63, 3.8) is 0 Å². The van der Waals surface area contributed by atoms with Gasteiger partial charge in [-0.25, -0.2) is 33.3 Å². The Kier molecular flexibility index (Phi) is 6.56. The molecule has 204 valence electrons. The maximum absolute atomic E-state index is 12.1. The third-order valence-electron chi connectivity index (χ3n) is 7.44. The summed E-state index contributed by atoms with van der Waals surface area (Å²) in [5.41, 5.74) is 3.13. The molecule has 0 radical (unpaired) electrons. The highest BCUT2D eigenvalue weighted by Gasteiger charge is 2.32. The molecule has 0 aromatic carbocycles. The molecule has 3 aromatic heterocycles. The highest BCUT2D eigenvalue weighted by molar-refractivity contribution is 7.88. The lowest BCUT2D eigenvalue weighted by atomic mass is 10.2. The summed E-state index contributed by atoms with van der Waals surface area (Å²) >= 11 is 0. The summed E-state index contributed by atoms with van der Waals surface area (Å²) < 4.78 is 33.5. The highest BCUT2D eigenvalue weighted by Crippen LogP contribution is 2.37.